The van der Waals surface area contributed by atoms with Gasteiger partial charge in [0.05, 0.1) is 11.0 Å². The van der Waals surface area contributed by atoms with Crippen molar-refractivity contribution in [2.75, 3.05) is 13.2 Å². The molecule has 28 heavy (non-hydrogen) atoms. The Balaban J connectivity index is 1.23. The summed E-state index contributed by atoms with van der Waals surface area (Å²) in [4.78, 5) is 31.0. The minimum atomic E-state index is -0.424. The molecule has 2 aromatic heterocycles. The Bertz CT molecular complexity index is 1150. The molecule has 2 aromatic carbocycles. The number of rotatable bonds is 7. The summed E-state index contributed by atoms with van der Waals surface area (Å²) in [5.74, 6) is 1.17. The molecule has 4 rings (SSSR count). The predicted molar refractivity (Wildman–Crippen MR) is 105 cm³/mol. The molecule has 0 bridgehead atoms. The fraction of sp³-hybridized carbons (Fsp3) is 0.190. The fourth-order valence-electron chi connectivity index (χ4n) is 2.94. The van der Waals surface area contributed by atoms with Crippen molar-refractivity contribution in [3.05, 3.63) is 70.8 Å². The van der Waals surface area contributed by atoms with Crippen LogP contribution in [0.2, 0.25) is 0 Å². The second-order valence-electron chi connectivity index (χ2n) is 6.40. The molecule has 7 nitrogen and oxygen atoms in total. The maximum Gasteiger partial charge on any atom is 0.336 e. The smallest absolute Gasteiger partial charge is 0.336 e. The molecule has 142 valence electrons. The van der Waals surface area contributed by atoms with E-state index in [2.05, 4.69) is 15.3 Å². The zero-order chi connectivity index (χ0) is 19.3. The first-order valence-electron chi connectivity index (χ1n) is 9.04. The number of aromatic nitrogens is 2. The number of nitrogens with one attached hydrogen (secondary N) is 2. The van der Waals surface area contributed by atoms with Gasteiger partial charge in [-0.15, -0.1) is 0 Å². The molecule has 0 aliphatic carbocycles. The minimum Gasteiger partial charge on any atom is -0.484 e. The molecule has 4 aromatic rings. The molecule has 0 aliphatic heterocycles. The van der Waals surface area contributed by atoms with Crippen LogP contribution in [0.5, 0.6) is 5.75 Å². The van der Waals surface area contributed by atoms with E-state index in [1.807, 2.05) is 24.3 Å². The van der Waals surface area contributed by atoms with Gasteiger partial charge in [-0.05, 0) is 36.8 Å². The van der Waals surface area contributed by atoms with Crippen molar-refractivity contribution in [3.63, 3.8) is 0 Å². The lowest BCUT2D eigenvalue weighted by Crippen LogP contribution is -2.29. The lowest BCUT2D eigenvalue weighted by Gasteiger charge is -2.07. The Morgan fingerprint density at radius 2 is 2.00 bits per heavy atom. The van der Waals surface area contributed by atoms with Crippen LogP contribution in [0.3, 0.4) is 0 Å². The molecule has 2 heterocycles. The summed E-state index contributed by atoms with van der Waals surface area (Å²) in [7, 11) is 0. The summed E-state index contributed by atoms with van der Waals surface area (Å²) in [5, 5.41) is 3.62. The molecule has 0 atom stereocenters. The summed E-state index contributed by atoms with van der Waals surface area (Å²) in [5.41, 5.74) is 1.96. The maximum atomic E-state index is 12.0. The fourth-order valence-corrected chi connectivity index (χ4v) is 2.94. The highest BCUT2D eigenvalue weighted by Crippen LogP contribution is 2.19. The van der Waals surface area contributed by atoms with Crippen LogP contribution in [0, 0.1) is 0 Å². The van der Waals surface area contributed by atoms with Gasteiger partial charge in [-0.2, -0.15) is 0 Å². The number of carbonyl (C=O) groups excluding carboxylic acids is 1. The Labute approximate surface area is 160 Å². The van der Waals surface area contributed by atoms with Gasteiger partial charge in [0.25, 0.3) is 5.91 Å². The molecule has 0 aliphatic rings. The second-order valence-corrected chi connectivity index (χ2v) is 6.40. The third kappa shape index (κ3) is 4.20. The van der Waals surface area contributed by atoms with E-state index in [1.54, 1.807) is 24.3 Å². The highest BCUT2D eigenvalue weighted by atomic mass is 16.5. The number of hydrogen-bond acceptors (Lipinski definition) is 5. The Hall–Kier alpha value is -3.61. The predicted octanol–water partition coefficient (Wildman–Crippen LogP) is 2.80. The number of carbonyl (C=O) groups is 1. The molecular formula is C21H19N3O4. The van der Waals surface area contributed by atoms with Gasteiger partial charge in [0.15, 0.2) is 6.61 Å². The number of para-hydroxylation sites is 2. The van der Waals surface area contributed by atoms with Crippen molar-refractivity contribution in [3.8, 4) is 5.75 Å². The van der Waals surface area contributed by atoms with Gasteiger partial charge in [0.1, 0.15) is 17.2 Å². The maximum absolute atomic E-state index is 12.0. The average molecular weight is 377 g/mol. The van der Waals surface area contributed by atoms with Gasteiger partial charge in [0, 0.05) is 30.5 Å². The quantitative estimate of drug-likeness (QED) is 0.381. The van der Waals surface area contributed by atoms with Gasteiger partial charge >= 0.3 is 5.63 Å². The monoisotopic (exact) mass is 377 g/mol. The number of imidazole rings is 1. The average Bonchev–Trinajstić information content (AvgIpc) is 3.12. The normalized spacial score (nSPS) is 11.0. The number of ether oxygens (including phenoxy) is 1. The zero-order valence-electron chi connectivity index (χ0n) is 15.1. The number of aryl methyl sites for hydroxylation is 1. The molecular weight excluding hydrogens is 358 g/mol. The first-order valence-corrected chi connectivity index (χ1v) is 9.04. The number of amides is 1. The first-order chi connectivity index (χ1) is 13.7. The van der Waals surface area contributed by atoms with Crippen molar-refractivity contribution in [2.24, 2.45) is 0 Å². The van der Waals surface area contributed by atoms with Crippen molar-refractivity contribution in [1.29, 1.82) is 0 Å². The van der Waals surface area contributed by atoms with Crippen LogP contribution in [0.4, 0.5) is 0 Å². The molecule has 7 heteroatoms. The van der Waals surface area contributed by atoms with Crippen LogP contribution >= 0.6 is 0 Å². The van der Waals surface area contributed by atoms with Crippen LogP contribution in [-0.2, 0) is 11.2 Å². The van der Waals surface area contributed by atoms with E-state index in [-0.39, 0.29) is 12.5 Å². The van der Waals surface area contributed by atoms with Gasteiger partial charge < -0.3 is 19.5 Å². The highest BCUT2D eigenvalue weighted by molar-refractivity contribution is 5.79. The SMILES string of the molecule is O=C(COc1ccc2ccc(=O)oc2c1)NCCCc1nc2ccccc2[nH]1. The summed E-state index contributed by atoms with van der Waals surface area (Å²) < 4.78 is 10.6. The largest absolute Gasteiger partial charge is 0.484 e. The van der Waals surface area contributed by atoms with E-state index in [1.165, 1.54) is 6.07 Å². The molecule has 0 saturated carbocycles. The van der Waals surface area contributed by atoms with E-state index in [0.29, 0.717) is 17.9 Å². The number of H-pyrrole nitrogens is 1. The second kappa shape index (κ2) is 7.96. The molecule has 0 saturated heterocycles. The first kappa shape index (κ1) is 17.8. The van der Waals surface area contributed by atoms with Crippen molar-refractivity contribution in [1.82, 2.24) is 15.3 Å². The summed E-state index contributed by atoms with van der Waals surface area (Å²) in [6.45, 7) is 0.430. The number of fused-ring (bicyclic) bond motifs is 2. The molecule has 0 unspecified atom stereocenters. The zero-order valence-corrected chi connectivity index (χ0v) is 15.1. The minimum absolute atomic E-state index is 0.104. The lowest BCUT2D eigenvalue weighted by molar-refractivity contribution is -0.123. The Kier molecular flexibility index (Phi) is 5.05. The number of hydrogen-bond donors (Lipinski definition) is 2. The van der Waals surface area contributed by atoms with Crippen molar-refractivity contribution < 1.29 is 13.9 Å². The van der Waals surface area contributed by atoms with Crippen LogP contribution in [0.25, 0.3) is 22.0 Å². The Morgan fingerprint density at radius 3 is 2.89 bits per heavy atom. The van der Waals surface area contributed by atoms with E-state index < -0.39 is 5.63 Å². The Morgan fingerprint density at radius 1 is 1.14 bits per heavy atom. The van der Waals surface area contributed by atoms with Crippen LogP contribution in [0.1, 0.15) is 12.2 Å². The van der Waals surface area contributed by atoms with Gasteiger partial charge in [-0.25, -0.2) is 9.78 Å². The molecule has 0 radical (unpaired) electrons. The van der Waals surface area contributed by atoms with E-state index in [4.69, 9.17) is 9.15 Å². The lowest BCUT2D eigenvalue weighted by atomic mass is 10.2. The van der Waals surface area contributed by atoms with E-state index in [0.717, 1.165) is 35.1 Å². The summed E-state index contributed by atoms with van der Waals surface area (Å²) >= 11 is 0. The number of aromatic amines is 1. The third-order valence-electron chi connectivity index (χ3n) is 4.32. The van der Waals surface area contributed by atoms with Gasteiger partial charge in [-0.3, -0.25) is 4.79 Å². The summed E-state index contributed by atoms with van der Waals surface area (Å²) in [6, 6.07) is 16.0. The third-order valence-corrected chi connectivity index (χ3v) is 4.32. The highest BCUT2D eigenvalue weighted by Gasteiger charge is 2.06. The van der Waals surface area contributed by atoms with Crippen molar-refractivity contribution in [2.45, 2.75) is 12.8 Å². The molecule has 0 fully saturated rings. The molecule has 2 N–H and O–H groups in total. The number of nitrogens with zero attached hydrogens (tertiary/aromatic N) is 1. The number of benzene rings is 2. The van der Waals surface area contributed by atoms with Crippen LogP contribution in [-0.4, -0.2) is 29.0 Å². The topological polar surface area (TPSA) is 97.2 Å². The van der Waals surface area contributed by atoms with Crippen LogP contribution < -0.4 is 15.7 Å². The van der Waals surface area contributed by atoms with Gasteiger partial charge in [-0.1, -0.05) is 12.1 Å². The van der Waals surface area contributed by atoms with E-state index in [9.17, 15) is 9.59 Å². The van der Waals surface area contributed by atoms with Crippen molar-refractivity contribution >= 4 is 27.9 Å². The molecule has 1 amide bonds. The summed E-state index contributed by atoms with van der Waals surface area (Å²) in [6.07, 6.45) is 1.52. The van der Waals surface area contributed by atoms with Crippen LogP contribution in [0.15, 0.2) is 63.8 Å². The standard InChI is InChI=1S/C21H19N3O4/c25-20(13-27-15-9-7-14-8-10-21(26)28-18(14)12-15)22-11-3-6-19-23-16-4-1-2-5-17(16)24-19/h1-2,4-5,7-10,12H,3,6,11,13H2,(H,22,25)(H,23,24). The van der Waals surface area contributed by atoms with E-state index >= 15 is 0 Å². The molecule has 0 spiro atoms. The van der Waals surface area contributed by atoms with Gasteiger partial charge in [0.2, 0.25) is 0 Å².